The molecule has 0 rings (SSSR count). The Bertz CT molecular complexity index is 125. The summed E-state index contributed by atoms with van der Waals surface area (Å²) < 4.78 is 3.80. The fourth-order valence-electron chi connectivity index (χ4n) is 0.812. The molecule has 0 unspecified atom stereocenters. The average molecular weight is 188 g/mol. The van der Waals surface area contributed by atoms with Gasteiger partial charge in [-0.15, -0.1) is 0 Å². The third kappa shape index (κ3) is 3.53. The molecule has 0 amide bonds. The van der Waals surface area contributed by atoms with Crippen molar-refractivity contribution in [2.24, 2.45) is 0 Å². The first-order chi connectivity index (χ1) is 4.67. The maximum absolute atomic E-state index is 3.80. The van der Waals surface area contributed by atoms with Crippen LogP contribution < -0.4 is 4.65 Å². The third-order valence-corrected chi connectivity index (χ3v) is 10.7. The fourth-order valence-corrected chi connectivity index (χ4v) is 7.31. The van der Waals surface area contributed by atoms with Crippen LogP contribution in [0.5, 0.6) is 0 Å². The van der Waals surface area contributed by atoms with Crippen molar-refractivity contribution in [3.8, 4) is 0 Å². The zero-order valence-corrected chi connectivity index (χ0v) is 11.0. The molecule has 0 fully saturated rings. The van der Waals surface area contributed by atoms with E-state index in [4.69, 9.17) is 0 Å². The third-order valence-electron chi connectivity index (χ3n) is 2.44. The minimum atomic E-state index is -1.17. The molecule has 0 bridgehead atoms. The summed E-state index contributed by atoms with van der Waals surface area (Å²) in [6.45, 7) is 16.5. The second-order valence-electron chi connectivity index (χ2n) is 5.00. The molecule has 0 aliphatic rings. The maximum Gasteiger partial charge on any atom is 0.119 e. The summed E-state index contributed by atoms with van der Waals surface area (Å²) in [7, 11) is -1.44. The second-order valence-corrected chi connectivity index (χ2v) is 12.8. The van der Waals surface area contributed by atoms with Crippen LogP contribution in [0.15, 0.2) is 0 Å². The lowest BCUT2D eigenvalue weighted by atomic mass is 10.2. The number of hydrogen-bond acceptors (Lipinski definition) is 1. The number of hydrogen-bond donors (Lipinski definition) is 1. The van der Waals surface area contributed by atoms with E-state index >= 15 is 0 Å². The van der Waals surface area contributed by atoms with E-state index in [1.807, 2.05) is 0 Å². The SMILES string of the molecule is C[Si](C)N[Si](C)(C)C(C)(C)C. The van der Waals surface area contributed by atoms with E-state index in [1.54, 1.807) is 0 Å². The van der Waals surface area contributed by atoms with Gasteiger partial charge in [0.25, 0.3) is 0 Å². The molecule has 0 spiro atoms. The van der Waals surface area contributed by atoms with Gasteiger partial charge < -0.3 is 4.65 Å². The Balaban J connectivity index is 4.22. The van der Waals surface area contributed by atoms with E-state index < -0.39 is 8.24 Å². The van der Waals surface area contributed by atoms with E-state index in [0.717, 1.165) is 0 Å². The molecule has 67 valence electrons. The Morgan fingerprint density at radius 2 is 1.45 bits per heavy atom. The van der Waals surface area contributed by atoms with Crippen LogP contribution in [0.1, 0.15) is 20.8 Å². The average Bonchev–Trinajstić information content (AvgIpc) is 1.56. The Morgan fingerprint density at radius 1 is 1.09 bits per heavy atom. The van der Waals surface area contributed by atoms with E-state index in [1.165, 1.54) is 0 Å². The van der Waals surface area contributed by atoms with Gasteiger partial charge in [-0.25, -0.2) is 0 Å². The summed E-state index contributed by atoms with van der Waals surface area (Å²) in [5.41, 5.74) is 0. The van der Waals surface area contributed by atoms with Crippen molar-refractivity contribution in [2.75, 3.05) is 0 Å². The van der Waals surface area contributed by atoms with Crippen LogP contribution in [0, 0.1) is 0 Å². The Morgan fingerprint density at radius 3 is 1.55 bits per heavy atom. The zero-order valence-electron chi connectivity index (χ0n) is 9.00. The lowest BCUT2D eigenvalue weighted by Crippen LogP contribution is -2.56. The van der Waals surface area contributed by atoms with Crippen LogP contribution in [0.25, 0.3) is 0 Å². The molecule has 0 heterocycles. The summed E-state index contributed by atoms with van der Waals surface area (Å²) in [6.07, 6.45) is 0. The highest BCUT2D eigenvalue weighted by Crippen LogP contribution is 2.33. The van der Waals surface area contributed by atoms with Gasteiger partial charge in [-0.1, -0.05) is 47.0 Å². The first-order valence-corrected chi connectivity index (χ1v) is 9.75. The lowest BCUT2D eigenvalue weighted by Gasteiger charge is -2.38. The smallest absolute Gasteiger partial charge is 0.119 e. The molecule has 1 nitrogen and oxygen atoms in total. The number of nitrogens with one attached hydrogen (secondary N) is 1. The summed E-state index contributed by atoms with van der Waals surface area (Å²) in [6, 6.07) is 0. The van der Waals surface area contributed by atoms with Gasteiger partial charge in [0.2, 0.25) is 0 Å². The Labute approximate surface area is 74.4 Å². The maximum atomic E-state index is 3.80. The van der Waals surface area contributed by atoms with Gasteiger partial charge in [0.1, 0.15) is 17.2 Å². The van der Waals surface area contributed by atoms with Gasteiger partial charge in [0, 0.05) is 0 Å². The van der Waals surface area contributed by atoms with Crippen molar-refractivity contribution in [1.82, 2.24) is 4.65 Å². The fraction of sp³-hybridized carbons (Fsp3) is 1.00. The molecule has 0 saturated carbocycles. The van der Waals surface area contributed by atoms with Gasteiger partial charge in [-0.3, -0.25) is 0 Å². The molecule has 1 N–H and O–H groups in total. The lowest BCUT2D eigenvalue weighted by molar-refractivity contribution is 0.710. The highest BCUT2D eigenvalue weighted by Gasteiger charge is 2.35. The van der Waals surface area contributed by atoms with Crippen LogP contribution in [0.4, 0.5) is 0 Å². The zero-order chi connectivity index (χ0) is 9.28. The van der Waals surface area contributed by atoms with Crippen molar-refractivity contribution in [2.45, 2.75) is 52.0 Å². The summed E-state index contributed by atoms with van der Waals surface area (Å²) in [5, 5.41) is 0.481. The topological polar surface area (TPSA) is 12.0 Å². The van der Waals surface area contributed by atoms with Crippen LogP contribution in [0.3, 0.4) is 0 Å². The molecular weight excluding hydrogens is 166 g/mol. The van der Waals surface area contributed by atoms with E-state index in [9.17, 15) is 0 Å². The molecule has 1 radical (unpaired) electrons. The molecule has 3 heteroatoms. The van der Waals surface area contributed by atoms with E-state index in [2.05, 4.69) is 51.6 Å². The van der Waals surface area contributed by atoms with Crippen LogP contribution in [-0.4, -0.2) is 17.2 Å². The van der Waals surface area contributed by atoms with E-state index in [-0.39, 0.29) is 8.96 Å². The normalized spacial score (nSPS) is 14.2. The molecule has 0 aliphatic heterocycles. The summed E-state index contributed by atoms with van der Waals surface area (Å²) in [4.78, 5) is 0. The van der Waals surface area contributed by atoms with Gasteiger partial charge >= 0.3 is 0 Å². The van der Waals surface area contributed by atoms with Crippen molar-refractivity contribution in [3.63, 3.8) is 0 Å². The molecule has 0 aromatic carbocycles. The molecule has 0 aliphatic carbocycles. The highest BCUT2D eigenvalue weighted by atomic mass is 28.4. The number of rotatable bonds is 2. The predicted octanol–water partition coefficient (Wildman–Crippen LogP) is 2.83. The first kappa shape index (κ1) is 11.4. The van der Waals surface area contributed by atoms with Crippen molar-refractivity contribution >= 4 is 17.2 Å². The first-order valence-electron chi connectivity index (χ1n) is 4.25. The Kier molecular flexibility index (Phi) is 3.53. The largest absolute Gasteiger partial charge is 0.360 e. The van der Waals surface area contributed by atoms with Gasteiger partial charge in [-0.2, -0.15) is 0 Å². The minimum absolute atomic E-state index is 0.262. The molecule has 11 heavy (non-hydrogen) atoms. The molecule has 0 aromatic rings. The van der Waals surface area contributed by atoms with Gasteiger partial charge in [-0.05, 0) is 5.04 Å². The van der Waals surface area contributed by atoms with Gasteiger partial charge in [0.05, 0.1) is 0 Å². The monoisotopic (exact) mass is 188 g/mol. The molecule has 0 saturated heterocycles. The quantitative estimate of drug-likeness (QED) is 0.657. The van der Waals surface area contributed by atoms with Gasteiger partial charge in [0.15, 0.2) is 0 Å². The van der Waals surface area contributed by atoms with Crippen molar-refractivity contribution in [3.05, 3.63) is 0 Å². The summed E-state index contributed by atoms with van der Waals surface area (Å²) >= 11 is 0. The Hall–Kier alpha value is 0.394. The summed E-state index contributed by atoms with van der Waals surface area (Å²) in [5.74, 6) is 0. The van der Waals surface area contributed by atoms with Crippen LogP contribution in [-0.2, 0) is 0 Å². The highest BCUT2D eigenvalue weighted by molar-refractivity contribution is 6.85. The van der Waals surface area contributed by atoms with Crippen LogP contribution >= 0.6 is 0 Å². The molecular formula is C8H22NSi2. The van der Waals surface area contributed by atoms with E-state index in [0.29, 0.717) is 5.04 Å². The van der Waals surface area contributed by atoms with Crippen molar-refractivity contribution in [1.29, 1.82) is 0 Å². The van der Waals surface area contributed by atoms with Crippen molar-refractivity contribution < 1.29 is 0 Å². The molecule has 0 aromatic heterocycles. The molecule has 0 atom stereocenters. The minimum Gasteiger partial charge on any atom is -0.360 e. The predicted molar refractivity (Wildman–Crippen MR) is 57.8 cm³/mol. The standard InChI is InChI=1S/C8H22NSi2/c1-8(2,3)11(6,7)9-10(4)5/h9H,1-7H3. The van der Waals surface area contributed by atoms with Crippen LogP contribution in [0.2, 0.25) is 31.2 Å². The second kappa shape index (κ2) is 3.41.